The number of thiocarbonyl (C=S) groups is 1. The Morgan fingerprint density at radius 1 is 1.62 bits per heavy atom. The maximum absolute atomic E-state index is 9.93. The van der Waals surface area contributed by atoms with Gasteiger partial charge in [-0.2, -0.15) is 0 Å². The summed E-state index contributed by atoms with van der Waals surface area (Å²) in [5.41, 5.74) is 1.43. The molecule has 0 rings (SSSR count). The number of nitrogens with one attached hydrogen (secondary N) is 2. The van der Waals surface area contributed by atoms with Gasteiger partial charge >= 0.3 is 0 Å². The van der Waals surface area contributed by atoms with Crippen molar-refractivity contribution in [3.63, 3.8) is 0 Å². The lowest BCUT2D eigenvalue weighted by molar-refractivity contribution is -0.118. The van der Waals surface area contributed by atoms with Crippen molar-refractivity contribution in [2.75, 3.05) is 6.54 Å². The molecule has 0 saturated heterocycles. The topological polar surface area (TPSA) is 41.1 Å². The van der Waals surface area contributed by atoms with Crippen molar-refractivity contribution in [1.29, 1.82) is 0 Å². The van der Waals surface area contributed by atoms with Gasteiger partial charge in [0, 0.05) is 19.7 Å². The van der Waals surface area contributed by atoms with Gasteiger partial charge in [0.25, 0.3) is 0 Å². The van der Waals surface area contributed by atoms with Gasteiger partial charge in [-0.15, -0.1) is 0 Å². The molecular weight excluding hydrogens is 184 g/mol. The SMILES string of the molecule is C=C/C=C\NC=S.CCNC(C)=O. The van der Waals surface area contributed by atoms with Crippen molar-refractivity contribution < 1.29 is 4.79 Å². The minimum atomic E-state index is 0.0394. The molecule has 4 heteroatoms. The van der Waals surface area contributed by atoms with E-state index in [9.17, 15) is 4.79 Å². The number of allylic oxidation sites excluding steroid dienone is 2. The number of rotatable bonds is 4. The van der Waals surface area contributed by atoms with Gasteiger partial charge in [-0.1, -0.05) is 24.9 Å². The molecule has 0 aromatic heterocycles. The first-order valence-electron chi connectivity index (χ1n) is 3.90. The molecule has 0 unspecified atom stereocenters. The average Bonchev–Trinajstić information content (AvgIpc) is 2.06. The zero-order valence-electron chi connectivity index (χ0n) is 8.04. The predicted molar refractivity (Wildman–Crippen MR) is 60.5 cm³/mol. The van der Waals surface area contributed by atoms with E-state index >= 15 is 0 Å². The number of amides is 1. The number of carbonyl (C=O) groups excluding carboxylic acids is 1. The van der Waals surface area contributed by atoms with Crippen LogP contribution in [0.15, 0.2) is 24.9 Å². The van der Waals surface area contributed by atoms with E-state index in [0.717, 1.165) is 6.54 Å². The Hall–Kier alpha value is -1.16. The van der Waals surface area contributed by atoms with E-state index in [2.05, 4.69) is 29.4 Å². The zero-order chi connectivity index (χ0) is 10.5. The second-order valence-corrected chi connectivity index (χ2v) is 2.20. The highest BCUT2D eigenvalue weighted by molar-refractivity contribution is 7.78. The van der Waals surface area contributed by atoms with Gasteiger partial charge in [0.05, 0.1) is 5.49 Å². The summed E-state index contributed by atoms with van der Waals surface area (Å²) in [5, 5.41) is 5.26. The van der Waals surface area contributed by atoms with Crippen molar-refractivity contribution in [2.24, 2.45) is 0 Å². The summed E-state index contributed by atoms with van der Waals surface area (Å²) >= 11 is 4.44. The number of carbonyl (C=O) groups is 1. The van der Waals surface area contributed by atoms with Crippen molar-refractivity contribution in [2.45, 2.75) is 13.8 Å². The van der Waals surface area contributed by atoms with E-state index in [4.69, 9.17) is 0 Å². The molecule has 0 aromatic carbocycles. The van der Waals surface area contributed by atoms with Crippen molar-refractivity contribution >= 4 is 23.6 Å². The summed E-state index contributed by atoms with van der Waals surface area (Å²) in [7, 11) is 0. The van der Waals surface area contributed by atoms with Crippen molar-refractivity contribution in [1.82, 2.24) is 10.6 Å². The lowest BCUT2D eigenvalue weighted by Crippen LogP contribution is -2.18. The highest BCUT2D eigenvalue weighted by atomic mass is 32.1. The molecule has 3 nitrogen and oxygen atoms in total. The van der Waals surface area contributed by atoms with E-state index in [1.807, 2.05) is 6.92 Å². The van der Waals surface area contributed by atoms with Gasteiger partial charge in [0.15, 0.2) is 0 Å². The lowest BCUT2D eigenvalue weighted by atomic mass is 10.6. The van der Waals surface area contributed by atoms with E-state index in [1.165, 1.54) is 12.4 Å². The Bertz CT molecular complexity index is 178. The Kier molecular flexibility index (Phi) is 14.8. The fraction of sp³-hybridized carbons (Fsp3) is 0.333. The molecule has 13 heavy (non-hydrogen) atoms. The first kappa shape index (κ1) is 14.4. The third-order valence-electron chi connectivity index (χ3n) is 0.822. The molecular formula is C9H16N2OS. The molecule has 0 atom stereocenters. The molecule has 0 fully saturated rings. The molecule has 0 aliphatic carbocycles. The first-order valence-corrected chi connectivity index (χ1v) is 4.37. The highest BCUT2D eigenvalue weighted by Crippen LogP contribution is 1.63. The molecule has 0 radical (unpaired) electrons. The molecule has 0 aliphatic heterocycles. The largest absolute Gasteiger partial charge is 0.359 e. The highest BCUT2D eigenvalue weighted by Gasteiger charge is 1.78. The molecule has 1 amide bonds. The minimum Gasteiger partial charge on any atom is -0.359 e. The van der Waals surface area contributed by atoms with Crippen LogP contribution in [0.25, 0.3) is 0 Å². The maximum atomic E-state index is 9.93. The third-order valence-corrected chi connectivity index (χ3v) is 0.958. The van der Waals surface area contributed by atoms with Crippen LogP contribution in [0.4, 0.5) is 0 Å². The van der Waals surface area contributed by atoms with Crippen LogP contribution in [-0.4, -0.2) is 17.9 Å². The van der Waals surface area contributed by atoms with Gasteiger partial charge < -0.3 is 10.6 Å². The van der Waals surface area contributed by atoms with Crippen LogP contribution in [0, 0.1) is 0 Å². The maximum Gasteiger partial charge on any atom is 0.216 e. The summed E-state index contributed by atoms with van der Waals surface area (Å²) in [6, 6.07) is 0. The number of hydrogen-bond acceptors (Lipinski definition) is 2. The molecule has 0 bridgehead atoms. The standard InChI is InChI=1S/C5H7NS.C4H9NO/c1-2-3-4-6-5-7;1-3-5-4(2)6/h2-5H,1H2,(H,6,7);3H2,1-2H3,(H,5,6)/b4-3-;. The van der Waals surface area contributed by atoms with Crippen LogP contribution in [-0.2, 0) is 4.79 Å². The molecule has 0 heterocycles. The molecule has 0 aliphatic rings. The monoisotopic (exact) mass is 200 g/mol. The Labute approximate surface area is 84.9 Å². The average molecular weight is 200 g/mol. The van der Waals surface area contributed by atoms with E-state index in [-0.39, 0.29) is 5.91 Å². The summed E-state index contributed by atoms with van der Waals surface area (Å²) in [6.45, 7) is 7.58. The third kappa shape index (κ3) is 24.8. The summed E-state index contributed by atoms with van der Waals surface area (Å²) in [5.74, 6) is 0.0394. The molecule has 74 valence electrons. The quantitative estimate of drug-likeness (QED) is 0.532. The smallest absolute Gasteiger partial charge is 0.216 e. The van der Waals surface area contributed by atoms with Crippen LogP contribution < -0.4 is 10.6 Å². The Morgan fingerprint density at radius 2 is 2.23 bits per heavy atom. The number of hydrogen-bond donors (Lipinski definition) is 2. The molecule has 0 saturated carbocycles. The van der Waals surface area contributed by atoms with E-state index in [1.54, 1.807) is 18.4 Å². The fourth-order valence-corrected chi connectivity index (χ4v) is 0.490. The van der Waals surface area contributed by atoms with E-state index in [0.29, 0.717) is 0 Å². The second-order valence-electron chi connectivity index (χ2n) is 1.97. The minimum absolute atomic E-state index is 0.0394. The summed E-state index contributed by atoms with van der Waals surface area (Å²) in [6.07, 6.45) is 5.15. The Balaban J connectivity index is 0. The molecule has 0 spiro atoms. The zero-order valence-corrected chi connectivity index (χ0v) is 8.86. The van der Waals surface area contributed by atoms with Crippen LogP contribution >= 0.6 is 12.2 Å². The van der Waals surface area contributed by atoms with Crippen LogP contribution in [0.5, 0.6) is 0 Å². The van der Waals surface area contributed by atoms with Crippen LogP contribution in [0.3, 0.4) is 0 Å². The normalized spacial score (nSPS) is 8.15. The summed E-state index contributed by atoms with van der Waals surface area (Å²) < 4.78 is 0. The summed E-state index contributed by atoms with van der Waals surface area (Å²) in [4.78, 5) is 9.93. The van der Waals surface area contributed by atoms with Gasteiger partial charge in [0.2, 0.25) is 5.91 Å². The second kappa shape index (κ2) is 13.4. The molecule has 0 aromatic rings. The van der Waals surface area contributed by atoms with Crippen molar-refractivity contribution in [3.05, 3.63) is 24.9 Å². The van der Waals surface area contributed by atoms with Gasteiger partial charge in [-0.05, 0) is 13.0 Å². The van der Waals surface area contributed by atoms with Gasteiger partial charge in [-0.3, -0.25) is 4.79 Å². The lowest BCUT2D eigenvalue weighted by Gasteiger charge is -1.88. The van der Waals surface area contributed by atoms with E-state index < -0.39 is 0 Å². The van der Waals surface area contributed by atoms with Gasteiger partial charge in [0.1, 0.15) is 0 Å². The predicted octanol–water partition coefficient (Wildman–Crippen LogP) is 1.38. The van der Waals surface area contributed by atoms with Gasteiger partial charge in [-0.25, -0.2) is 0 Å². The van der Waals surface area contributed by atoms with Crippen molar-refractivity contribution in [3.8, 4) is 0 Å². The Morgan fingerprint density at radius 3 is 2.46 bits per heavy atom. The van der Waals surface area contributed by atoms with Crippen LogP contribution in [0.1, 0.15) is 13.8 Å². The molecule has 2 N–H and O–H groups in total. The fourth-order valence-electron chi connectivity index (χ4n) is 0.412. The first-order chi connectivity index (χ1) is 6.18. The van der Waals surface area contributed by atoms with Crippen LogP contribution in [0.2, 0.25) is 0 Å².